The van der Waals surface area contributed by atoms with Crippen LogP contribution in [0, 0.1) is 5.41 Å². The van der Waals surface area contributed by atoms with Crippen LogP contribution in [-0.2, 0) is 6.42 Å². The van der Waals surface area contributed by atoms with Crippen LogP contribution in [0.3, 0.4) is 0 Å². The lowest BCUT2D eigenvalue weighted by Gasteiger charge is -2.43. The molecule has 3 nitrogen and oxygen atoms in total. The Morgan fingerprint density at radius 2 is 2.23 bits per heavy atom. The molecule has 0 unspecified atom stereocenters. The molecule has 2 aliphatic rings. The highest BCUT2D eigenvalue weighted by Crippen LogP contribution is 2.49. The minimum atomic E-state index is 0.238. The van der Waals surface area contributed by atoms with Crippen LogP contribution in [0.25, 0.3) is 0 Å². The highest BCUT2D eigenvalue weighted by Gasteiger charge is 2.43. The molecule has 3 rings (SSSR count). The zero-order valence-electron chi connectivity index (χ0n) is 7.47. The first-order valence-corrected chi connectivity index (χ1v) is 4.85. The molecule has 1 spiro atoms. The summed E-state index contributed by atoms with van der Waals surface area (Å²) in [5.41, 5.74) is 2.07. The van der Waals surface area contributed by atoms with Gasteiger partial charge in [0.25, 0.3) is 0 Å². The smallest absolute Gasteiger partial charge is 0.183 e. The van der Waals surface area contributed by atoms with E-state index in [1.807, 2.05) is 0 Å². The van der Waals surface area contributed by atoms with Crippen molar-refractivity contribution in [3.8, 4) is 0 Å². The van der Waals surface area contributed by atoms with E-state index >= 15 is 0 Å². The maximum absolute atomic E-state index is 11.7. The molecule has 1 fully saturated rings. The third-order valence-electron chi connectivity index (χ3n) is 3.48. The van der Waals surface area contributed by atoms with Gasteiger partial charge in [0.15, 0.2) is 5.78 Å². The number of hydrogen-bond donors (Lipinski definition) is 1. The van der Waals surface area contributed by atoms with Gasteiger partial charge in [0.2, 0.25) is 0 Å². The molecule has 13 heavy (non-hydrogen) atoms. The maximum Gasteiger partial charge on any atom is 0.183 e. The first-order valence-electron chi connectivity index (χ1n) is 4.85. The summed E-state index contributed by atoms with van der Waals surface area (Å²) in [6.45, 7) is 0. The van der Waals surface area contributed by atoms with Gasteiger partial charge in [0.05, 0.1) is 6.33 Å². The molecule has 0 saturated heterocycles. The van der Waals surface area contributed by atoms with Crippen molar-refractivity contribution in [2.75, 3.05) is 0 Å². The second-order valence-corrected chi connectivity index (χ2v) is 4.36. The lowest BCUT2D eigenvalue weighted by Crippen LogP contribution is -2.38. The van der Waals surface area contributed by atoms with Crippen LogP contribution in [0.1, 0.15) is 41.9 Å². The number of Topliss-reactive ketones (excluding diaryl/α,β-unsaturated/α-hetero) is 1. The summed E-state index contributed by atoms with van der Waals surface area (Å²) < 4.78 is 0. The highest BCUT2D eigenvalue weighted by atomic mass is 16.1. The van der Waals surface area contributed by atoms with Gasteiger partial charge in [0.1, 0.15) is 5.69 Å². The van der Waals surface area contributed by atoms with E-state index < -0.39 is 0 Å². The number of fused-ring (bicyclic) bond motifs is 1. The molecule has 0 amide bonds. The van der Waals surface area contributed by atoms with Gasteiger partial charge < -0.3 is 4.98 Å². The van der Waals surface area contributed by atoms with E-state index in [-0.39, 0.29) is 5.78 Å². The Kier molecular flexibility index (Phi) is 1.25. The molecule has 1 saturated carbocycles. The summed E-state index contributed by atoms with van der Waals surface area (Å²) in [5, 5.41) is 0. The number of imidazole rings is 1. The summed E-state index contributed by atoms with van der Waals surface area (Å²) in [6, 6.07) is 0. The predicted octanol–water partition coefficient (Wildman–Crippen LogP) is 1.71. The summed E-state index contributed by atoms with van der Waals surface area (Å²) in [5.74, 6) is 0.238. The molecule has 0 aliphatic heterocycles. The van der Waals surface area contributed by atoms with Crippen molar-refractivity contribution >= 4 is 5.78 Å². The SMILES string of the molecule is O=C1CC2(CCC2)Cc2[nH]cnc21. The zero-order valence-corrected chi connectivity index (χ0v) is 7.47. The van der Waals surface area contributed by atoms with Crippen molar-refractivity contribution in [1.29, 1.82) is 0 Å². The average Bonchev–Trinajstić information content (AvgIpc) is 2.49. The molecule has 1 aromatic heterocycles. The van der Waals surface area contributed by atoms with Crippen LogP contribution in [0.4, 0.5) is 0 Å². The van der Waals surface area contributed by atoms with Gasteiger partial charge in [-0.1, -0.05) is 6.42 Å². The van der Waals surface area contributed by atoms with Gasteiger partial charge in [-0.05, 0) is 24.7 Å². The predicted molar refractivity (Wildman–Crippen MR) is 47.5 cm³/mol. The number of aromatic nitrogens is 2. The molecule has 1 aromatic rings. The maximum atomic E-state index is 11.7. The molecule has 0 atom stereocenters. The van der Waals surface area contributed by atoms with Crippen molar-refractivity contribution in [1.82, 2.24) is 9.97 Å². The fourth-order valence-corrected chi connectivity index (χ4v) is 2.59. The quantitative estimate of drug-likeness (QED) is 0.654. The van der Waals surface area contributed by atoms with E-state index in [1.54, 1.807) is 6.33 Å². The first-order chi connectivity index (χ1) is 6.29. The number of hydrogen-bond acceptors (Lipinski definition) is 2. The Labute approximate surface area is 76.6 Å². The van der Waals surface area contributed by atoms with E-state index in [0.717, 1.165) is 18.5 Å². The van der Waals surface area contributed by atoms with Crippen LogP contribution in [-0.4, -0.2) is 15.8 Å². The lowest BCUT2D eigenvalue weighted by atomic mass is 9.61. The molecule has 2 aliphatic carbocycles. The Morgan fingerprint density at radius 3 is 2.92 bits per heavy atom. The fourth-order valence-electron chi connectivity index (χ4n) is 2.59. The number of carbonyl (C=O) groups excluding carboxylic acids is 1. The third kappa shape index (κ3) is 0.900. The number of rotatable bonds is 0. The van der Waals surface area contributed by atoms with Crippen molar-refractivity contribution in [3.05, 3.63) is 17.7 Å². The molecular weight excluding hydrogens is 164 g/mol. The number of H-pyrrole nitrogens is 1. The van der Waals surface area contributed by atoms with Gasteiger partial charge in [0, 0.05) is 12.1 Å². The van der Waals surface area contributed by atoms with E-state index in [4.69, 9.17) is 0 Å². The van der Waals surface area contributed by atoms with E-state index in [9.17, 15) is 4.79 Å². The lowest BCUT2D eigenvalue weighted by molar-refractivity contribution is 0.0702. The number of ketones is 1. The minimum absolute atomic E-state index is 0.238. The Morgan fingerprint density at radius 1 is 1.38 bits per heavy atom. The molecule has 1 N–H and O–H groups in total. The van der Waals surface area contributed by atoms with Crippen LogP contribution in [0.15, 0.2) is 6.33 Å². The Hall–Kier alpha value is -1.12. The van der Waals surface area contributed by atoms with E-state index in [1.165, 1.54) is 19.3 Å². The number of nitrogens with zero attached hydrogens (tertiary/aromatic N) is 1. The van der Waals surface area contributed by atoms with Gasteiger partial charge in [-0.2, -0.15) is 0 Å². The summed E-state index contributed by atoms with van der Waals surface area (Å²) in [4.78, 5) is 18.8. The van der Waals surface area contributed by atoms with Crippen LogP contribution in [0.2, 0.25) is 0 Å². The van der Waals surface area contributed by atoms with Gasteiger partial charge >= 0.3 is 0 Å². The summed E-state index contributed by atoms with van der Waals surface area (Å²) >= 11 is 0. The van der Waals surface area contributed by atoms with Crippen LogP contribution < -0.4 is 0 Å². The molecule has 68 valence electrons. The normalized spacial score (nSPS) is 24.2. The average molecular weight is 176 g/mol. The van der Waals surface area contributed by atoms with Crippen molar-refractivity contribution in [2.24, 2.45) is 5.41 Å². The summed E-state index contributed by atoms with van der Waals surface area (Å²) in [7, 11) is 0. The van der Waals surface area contributed by atoms with Crippen LogP contribution in [0.5, 0.6) is 0 Å². The van der Waals surface area contributed by atoms with Gasteiger partial charge in [-0.15, -0.1) is 0 Å². The van der Waals surface area contributed by atoms with E-state index in [2.05, 4.69) is 9.97 Å². The van der Waals surface area contributed by atoms with Gasteiger partial charge in [-0.3, -0.25) is 4.79 Å². The molecule has 3 heteroatoms. The monoisotopic (exact) mass is 176 g/mol. The minimum Gasteiger partial charge on any atom is -0.348 e. The molecular formula is C10H12N2O. The largest absolute Gasteiger partial charge is 0.348 e. The molecule has 1 heterocycles. The highest BCUT2D eigenvalue weighted by molar-refractivity contribution is 5.97. The van der Waals surface area contributed by atoms with Gasteiger partial charge in [-0.25, -0.2) is 4.98 Å². The third-order valence-corrected chi connectivity index (χ3v) is 3.48. The van der Waals surface area contributed by atoms with E-state index in [0.29, 0.717) is 11.1 Å². The standard InChI is InChI=1S/C10H12N2O/c13-8-5-10(2-1-3-10)4-7-9(8)12-6-11-7/h6H,1-5H2,(H,11,12). The molecule has 0 aromatic carbocycles. The zero-order chi connectivity index (χ0) is 8.89. The summed E-state index contributed by atoms with van der Waals surface area (Å²) in [6.07, 6.45) is 7.13. The van der Waals surface area contributed by atoms with Crippen LogP contribution >= 0.6 is 0 Å². The number of nitrogens with one attached hydrogen (secondary N) is 1. The number of carbonyl (C=O) groups is 1. The Balaban J connectivity index is 2.03. The van der Waals surface area contributed by atoms with Crippen molar-refractivity contribution < 1.29 is 4.79 Å². The fraction of sp³-hybridized carbons (Fsp3) is 0.600. The second kappa shape index (κ2) is 2.22. The topological polar surface area (TPSA) is 45.8 Å². The number of aromatic amines is 1. The first kappa shape index (κ1) is 7.30. The molecule has 0 bridgehead atoms. The van der Waals surface area contributed by atoms with Crippen molar-refractivity contribution in [3.63, 3.8) is 0 Å². The second-order valence-electron chi connectivity index (χ2n) is 4.36. The Bertz CT molecular complexity index is 363. The molecule has 0 radical (unpaired) electrons. The van der Waals surface area contributed by atoms with Crippen molar-refractivity contribution in [2.45, 2.75) is 32.1 Å².